The molecular weight excluding hydrogens is 270 g/mol. The molecule has 1 atom stereocenters. The van der Waals surface area contributed by atoms with E-state index in [1.165, 1.54) is 6.07 Å². The molecule has 19 heavy (non-hydrogen) atoms. The highest BCUT2D eigenvalue weighted by atomic mass is 32.2. The lowest BCUT2D eigenvalue weighted by Gasteiger charge is -2.26. The fourth-order valence-electron chi connectivity index (χ4n) is 1.87. The maximum absolute atomic E-state index is 11.3. The fraction of sp³-hybridized carbons (Fsp3) is 0.455. The number of aromatic nitrogens is 2. The summed E-state index contributed by atoms with van der Waals surface area (Å²) in [7, 11) is 0. The van der Waals surface area contributed by atoms with Crippen LogP contribution in [0.4, 0.5) is 0 Å². The number of rotatable bonds is 4. The van der Waals surface area contributed by atoms with Gasteiger partial charge in [0.15, 0.2) is 5.16 Å². The van der Waals surface area contributed by atoms with Gasteiger partial charge < -0.3 is 15.0 Å². The van der Waals surface area contributed by atoms with Gasteiger partial charge in [0.25, 0.3) is 5.56 Å². The van der Waals surface area contributed by atoms with Crippen molar-refractivity contribution in [2.45, 2.75) is 24.0 Å². The van der Waals surface area contributed by atoms with Gasteiger partial charge in [-0.2, -0.15) is 4.98 Å². The lowest BCUT2D eigenvalue weighted by Crippen LogP contribution is -2.37. The molecule has 2 rings (SSSR count). The predicted molar refractivity (Wildman–Crippen MR) is 68.1 cm³/mol. The first-order valence-corrected chi connectivity index (χ1v) is 6.75. The molecule has 0 aliphatic carbocycles. The maximum atomic E-state index is 11.3. The Morgan fingerprint density at radius 1 is 1.58 bits per heavy atom. The van der Waals surface area contributed by atoms with Gasteiger partial charge in [-0.05, 0) is 6.42 Å². The third kappa shape index (κ3) is 3.57. The second-order valence-corrected chi connectivity index (χ2v) is 5.08. The molecule has 2 N–H and O–H groups in total. The van der Waals surface area contributed by atoms with Gasteiger partial charge in [0.2, 0.25) is 5.91 Å². The SMILES string of the molecule is O=C(O)CSc1nc(=O)ccn1C1CCC(=O)NC1. The minimum Gasteiger partial charge on any atom is -0.481 e. The van der Waals surface area contributed by atoms with Gasteiger partial charge in [-0.15, -0.1) is 0 Å². The van der Waals surface area contributed by atoms with Crippen LogP contribution in [0, 0.1) is 0 Å². The number of carbonyl (C=O) groups is 2. The van der Waals surface area contributed by atoms with Crippen LogP contribution in [0.3, 0.4) is 0 Å². The number of carboxylic acid groups (broad SMARTS) is 1. The highest BCUT2D eigenvalue weighted by Gasteiger charge is 2.21. The number of aliphatic carboxylic acids is 1. The monoisotopic (exact) mass is 283 g/mol. The van der Waals surface area contributed by atoms with E-state index in [2.05, 4.69) is 10.3 Å². The molecule has 1 saturated heterocycles. The molecule has 1 fully saturated rings. The Kier molecular flexibility index (Phi) is 4.20. The molecule has 1 unspecified atom stereocenters. The van der Waals surface area contributed by atoms with Gasteiger partial charge in [0, 0.05) is 25.2 Å². The first kappa shape index (κ1) is 13.6. The predicted octanol–water partition coefficient (Wildman–Crippen LogP) is -0.129. The summed E-state index contributed by atoms with van der Waals surface area (Å²) in [5, 5.41) is 11.8. The molecule has 1 aromatic heterocycles. The second-order valence-electron chi connectivity index (χ2n) is 4.13. The Bertz CT molecular complexity index is 547. The van der Waals surface area contributed by atoms with Crippen LogP contribution in [0.15, 0.2) is 22.2 Å². The molecule has 0 aromatic carbocycles. The molecule has 1 aromatic rings. The number of amides is 1. The molecule has 8 heteroatoms. The normalized spacial score (nSPS) is 18.9. The first-order valence-electron chi connectivity index (χ1n) is 5.77. The van der Waals surface area contributed by atoms with Gasteiger partial charge in [0.05, 0.1) is 11.8 Å². The van der Waals surface area contributed by atoms with Crippen molar-refractivity contribution in [3.8, 4) is 0 Å². The Morgan fingerprint density at radius 2 is 2.37 bits per heavy atom. The van der Waals surface area contributed by atoms with Crippen LogP contribution in [-0.2, 0) is 9.59 Å². The summed E-state index contributed by atoms with van der Waals surface area (Å²) in [6, 6.07) is 1.34. The van der Waals surface area contributed by atoms with Crippen LogP contribution >= 0.6 is 11.8 Å². The average molecular weight is 283 g/mol. The highest BCUT2D eigenvalue weighted by molar-refractivity contribution is 7.99. The van der Waals surface area contributed by atoms with E-state index in [1.807, 2.05) is 0 Å². The number of nitrogens with one attached hydrogen (secondary N) is 1. The third-order valence-corrected chi connectivity index (χ3v) is 3.71. The number of thioether (sulfide) groups is 1. The molecular formula is C11H13N3O4S. The molecule has 2 heterocycles. The van der Waals surface area contributed by atoms with E-state index in [0.717, 1.165) is 11.8 Å². The van der Waals surface area contributed by atoms with Crippen LogP contribution in [0.25, 0.3) is 0 Å². The van der Waals surface area contributed by atoms with E-state index in [4.69, 9.17) is 5.11 Å². The van der Waals surface area contributed by atoms with Crippen LogP contribution in [0.2, 0.25) is 0 Å². The number of piperidine rings is 1. The van der Waals surface area contributed by atoms with E-state index in [0.29, 0.717) is 24.5 Å². The molecule has 1 aliphatic heterocycles. The van der Waals surface area contributed by atoms with Gasteiger partial charge in [0.1, 0.15) is 0 Å². The summed E-state index contributed by atoms with van der Waals surface area (Å²) in [5.41, 5.74) is -0.399. The highest BCUT2D eigenvalue weighted by Crippen LogP contribution is 2.23. The molecule has 0 saturated carbocycles. The number of hydrogen-bond donors (Lipinski definition) is 2. The van der Waals surface area contributed by atoms with Crippen molar-refractivity contribution in [1.82, 2.24) is 14.9 Å². The van der Waals surface area contributed by atoms with Gasteiger partial charge in [-0.25, -0.2) is 0 Å². The molecule has 102 valence electrons. The molecule has 1 amide bonds. The standard InChI is InChI=1S/C11H13N3O4S/c15-8-2-1-7(5-12-8)14-4-3-9(16)13-11(14)19-6-10(17)18/h3-4,7H,1-2,5-6H2,(H,12,15)(H,17,18). The van der Waals surface area contributed by atoms with Gasteiger partial charge in [-0.3, -0.25) is 14.4 Å². The summed E-state index contributed by atoms with van der Waals surface area (Å²) in [4.78, 5) is 36.8. The van der Waals surface area contributed by atoms with E-state index in [1.54, 1.807) is 10.8 Å². The summed E-state index contributed by atoms with van der Waals surface area (Å²) in [5.74, 6) is -1.12. The lowest BCUT2D eigenvalue weighted by atomic mass is 10.1. The second kappa shape index (κ2) is 5.87. The minimum atomic E-state index is -0.966. The van der Waals surface area contributed by atoms with Crippen molar-refractivity contribution < 1.29 is 14.7 Å². The molecule has 0 radical (unpaired) electrons. The molecule has 1 aliphatic rings. The zero-order valence-electron chi connectivity index (χ0n) is 10.0. The topological polar surface area (TPSA) is 101 Å². The van der Waals surface area contributed by atoms with Crippen LogP contribution in [-0.4, -0.2) is 38.8 Å². The van der Waals surface area contributed by atoms with Crippen molar-refractivity contribution in [1.29, 1.82) is 0 Å². The molecule has 0 spiro atoms. The number of hydrogen-bond acceptors (Lipinski definition) is 5. The summed E-state index contributed by atoms with van der Waals surface area (Å²) in [6.07, 6.45) is 2.67. The lowest BCUT2D eigenvalue weighted by molar-refractivity contribution is -0.134. The van der Waals surface area contributed by atoms with Crippen molar-refractivity contribution >= 4 is 23.6 Å². The van der Waals surface area contributed by atoms with Crippen LogP contribution < -0.4 is 10.9 Å². The Hall–Kier alpha value is -1.83. The van der Waals surface area contributed by atoms with E-state index >= 15 is 0 Å². The zero-order valence-corrected chi connectivity index (χ0v) is 10.9. The third-order valence-electron chi connectivity index (χ3n) is 2.76. The van der Waals surface area contributed by atoms with Gasteiger partial charge >= 0.3 is 5.97 Å². The van der Waals surface area contributed by atoms with Crippen molar-refractivity contribution in [3.05, 3.63) is 22.6 Å². The zero-order chi connectivity index (χ0) is 13.8. The summed E-state index contributed by atoms with van der Waals surface area (Å²) in [6.45, 7) is 0.462. The summed E-state index contributed by atoms with van der Waals surface area (Å²) >= 11 is 1.00. The Labute approximate surface area is 113 Å². The van der Waals surface area contributed by atoms with E-state index in [9.17, 15) is 14.4 Å². The van der Waals surface area contributed by atoms with Crippen LogP contribution in [0.5, 0.6) is 0 Å². The Morgan fingerprint density at radius 3 is 3.00 bits per heavy atom. The number of carbonyl (C=O) groups excluding carboxylic acids is 1. The van der Waals surface area contributed by atoms with Gasteiger partial charge in [-0.1, -0.05) is 11.8 Å². The molecule has 7 nitrogen and oxygen atoms in total. The van der Waals surface area contributed by atoms with E-state index < -0.39 is 11.5 Å². The van der Waals surface area contributed by atoms with Crippen molar-refractivity contribution in [3.63, 3.8) is 0 Å². The minimum absolute atomic E-state index is 0.00194. The van der Waals surface area contributed by atoms with Crippen molar-refractivity contribution in [2.24, 2.45) is 0 Å². The smallest absolute Gasteiger partial charge is 0.313 e. The first-order chi connectivity index (χ1) is 9.06. The average Bonchev–Trinajstić information content (AvgIpc) is 2.38. The van der Waals surface area contributed by atoms with Crippen molar-refractivity contribution in [2.75, 3.05) is 12.3 Å². The largest absolute Gasteiger partial charge is 0.481 e. The van der Waals surface area contributed by atoms with E-state index in [-0.39, 0.29) is 17.7 Å². The summed E-state index contributed by atoms with van der Waals surface area (Å²) < 4.78 is 1.76. The number of nitrogens with zero attached hydrogens (tertiary/aromatic N) is 2. The molecule has 0 bridgehead atoms. The number of carboxylic acids is 1. The van der Waals surface area contributed by atoms with Crippen LogP contribution in [0.1, 0.15) is 18.9 Å². The quantitative estimate of drug-likeness (QED) is 0.589. The maximum Gasteiger partial charge on any atom is 0.313 e. The Balaban J connectivity index is 2.20. The fourth-order valence-corrected chi connectivity index (χ4v) is 2.63.